The average molecular weight is 305 g/mol. The van der Waals surface area contributed by atoms with Crippen LogP contribution in [0.3, 0.4) is 0 Å². The normalized spacial score (nSPS) is 11.8. The van der Waals surface area contributed by atoms with Crippen molar-refractivity contribution >= 4 is 17.5 Å². The van der Waals surface area contributed by atoms with Crippen LogP contribution in [-0.4, -0.2) is 17.0 Å². The quantitative estimate of drug-likeness (QED) is 0.923. The third-order valence-corrected chi connectivity index (χ3v) is 3.23. The maximum Gasteiger partial charge on any atom is 0.261 e. The van der Waals surface area contributed by atoms with Gasteiger partial charge in [0.05, 0.1) is 0 Å². The molecule has 1 N–H and O–H groups in total. The highest BCUT2D eigenvalue weighted by molar-refractivity contribution is 6.30. The summed E-state index contributed by atoms with van der Waals surface area (Å²) in [4.78, 5) is 16.0. The van der Waals surface area contributed by atoms with Gasteiger partial charge in [0.25, 0.3) is 5.91 Å². The molecule has 1 unspecified atom stereocenters. The Hall–Kier alpha value is -2.07. The van der Waals surface area contributed by atoms with E-state index in [0.717, 1.165) is 11.1 Å². The lowest BCUT2D eigenvalue weighted by atomic mass is 10.2. The number of nitrogens with zero attached hydrogens (tertiary/aromatic N) is 1. The van der Waals surface area contributed by atoms with Crippen molar-refractivity contribution in [2.45, 2.75) is 26.5 Å². The van der Waals surface area contributed by atoms with Crippen molar-refractivity contribution in [1.82, 2.24) is 10.3 Å². The number of hydrogen-bond donors (Lipinski definition) is 1. The molecule has 0 spiro atoms. The predicted octanol–water partition coefficient (Wildman–Crippen LogP) is 3.13. The van der Waals surface area contributed by atoms with Crippen molar-refractivity contribution in [3.05, 3.63) is 58.9 Å². The van der Waals surface area contributed by atoms with Gasteiger partial charge in [0.2, 0.25) is 0 Å². The molecule has 4 nitrogen and oxygen atoms in total. The van der Waals surface area contributed by atoms with Crippen LogP contribution in [0.15, 0.2) is 42.7 Å². The lowest BCUT2D eigenvalue weighted by Crippen LogP contribution is -2.36. The van der Waals surface area contributed by atoms with Gasteiger partial charge < -0.3 is 10.1 Å². The third-order valence-electron chi connectivity index (χ3n) is 3.00. The standard InChI is InChI=1S/C16H17ClN2O2/c1-11-8-14(17)5-6-15(11)21-12(2)16(20)19-10-13-4-3-7-18-9-13/h3-9,12H,10H2,1-2H3,(H,19,20). The van der Waals surface area contributed by atoms with Crippen LogP contribution in [0.1, 0.15) is 18.1 Å². The molecule has 0 aliphatic heterocycles. The molecule has 1 heterocycles. The van der Waals surface area contributed by atoms with Gasteiger partial charge in [-0.05, 0) is 49.2 Å². The summed E-state index contributed by atoms with van der Waals surface area (Å²) < 4.78 is 5.66. The second-order valence-corrected chi connectivity index (χ2v) is 5.19. The molecule has 110 valence electrons. The Balaban J connectivity index is 1.90. The molecule has 0 fully saturated rings. The molecule has 2 rings (SSSR count). The van der Waals surface area contributed by atoms with Gasteiger partial charge in [-0.15, -0.1) is 0 Å². The van der Waals surface area contributed by atoms with E-state index in [1.165, 1.54) is 0 Å². The fourth-order valence-electron chi connectivity index (χ4n) is 1.82. The number of carbonyl (C=O) groups is 1. The number of rotatable bonds is 5. The number of benzene rings is 1. The molecule has 0 aliphatic carbocycles. The van der Waals surface area contributed by atoms with Gasteiger partial charge >= 0.3 is 0 Å². The second-order valence-electron chi connectivity index (χ2n) is 4.75. The maximum atomic E-state index is 12.0. The summed E-state index contributed by atoms with van der Waals surface area (Å²) in [7, 11) is 0. The van der Waals surface area contributed by atoms with E-state index in [0.29, 0.717) is 17.3 Å². The number of aromatic nitrogens is 1. The Labute approximate surface area is 129 Å². The number of hydrogen-bond acceptors (Lipinski definition) is 3. The molecule has 21 heavy (non-hydrogen) atoms. The summed E-state index contributed by atoms with van der Waals surface area (Å²) in [5, 5.41) is 3.47. The van der Waals surface area contributed by atoms with Crippen molar-refractivity contribution in [3.8, 4) is 5.75 Å². The van der Waals surface area contributed by atoms with E-state index in [2.05, 4.69) is 10.3 Å². The highest BCUT2D eigenvalue weighted by Gasteiger charge is 2.15. The monoisotopic (exact) mass is 304 g/mol. The van der Waals surface area contributed by atoms with Crippen LogP contribution in [0.4, 0.5) is 0 Å². The summed E-state index contributed by atoms with van der Waals surface area (Å²) >= 11 is 5.89. The Morgan fingerprint density at radius 1 is 1.43 bits per heavy atom. The zero-order valence-electron chi connectivity index (χ0n) is 12.0. The first-order valence-electron chi connectivity index (χ1n) is 6.65. The van der Waals surface area contributed by atoms with Gasteiger partial charge in [-0.25, -0.2) is 0 Å². The van der Waals surface area contributed by atoms with E-state index >= 15 is 0 Å². The van der Waals surface area contributed by atoms with Crippen molar-refractivity contribution < 1.29 is 9.53 Å². The summed E-state index contributed by atoms with van der Waals surface area (Å²) in [5.74, 6) is 0.483. The summed E-state index contributed by atoms with van der Waals surface area (Å²) in [5.41, 5.74) is 1.84. The molecular formula is C16H17ClN2O2. The number of nitrogens with one attached hydrogen (secondary N) is 1. The fourth-order valence-corrected chi connectivity index (χ4v) is 2.05. The minimum Gasteiger partial charge on any atom is -0.481 e. The Morgan fingerprint density at radius 2 is 2.24 bits per heavy atom. The lowest BCUT2D eigenvalue weighted by Gasteiger charge is -2.16. The highest BCUT2D eigenvalue weighted by atomic mass is 35.5. The first-order chi connectivity index (χ1) is 10.1. The Kier molecular flexibility index (Phi) is 5.17. The molecule has 0 bridgehead atoms. The van der Waals surface area contributed by atoms with E-state index in [9.17, 15) is 4.79 Å². The predicted molar refractivity (Wildman–Crippen MR) is 82.4 cm³/mol. The number of carbonyl (C=O) groups excluding carboxylic acids is 1. The average Bonchev–Trinajstić information content (AvgIpc) is 2.48. The molecule has 1 aromatic heterocycles. The summed E-state index contributed by atoms with van der Waals surface area (Å²) in [6, 6.07) is 9.05. The summed E-state index contributed by atoms with van der Waals surface area (Å²) in [6.07, 6.45) is 2.83. The van der Waals surface area contributed by atoms with Crippen LogP contribution < -0.4 is 10.1 Å². The van der Waals surface area contributed by atoms with Gasteiger partial charge in [-0.3, -0.25) is 9.78 Å². The SMILES string of the molecule is Cc1cc(Cl)ccc1OC(C)C(=O)NCc1cccnc1. The van der Waals surface area contributed by atoms with E-state index < -0.39 is 6.10 Å². The molecule has 0 radical (unpaired) electrons. The maximum absolute atomic E-state index is 12.0. The van der Waals surface area contributed by atoms with E-state index in [4.69, 9.17) is 16.3 Å². The van der Waals surface area contributed by atoms with Gasteiger partial charge in [-0.1, -0.05) is 17.7 Å². The van der Waals surface area contributed by atoms with E-state index in [1.54, 1.807) is 37.5 Å². The molecular weight excluding hydrogens is 288 g/mol. The number of amides is 1. The zero-order chi connectivity index (χ0) is 15.2. The third kappa shape index (κ3) is 4.46. The first kappa shape index (κ1) is 15.3. The van der Waals surface area contributed by atoms with Crippen LogP contribution >= 0.6 is 11.6 Å². The first-order valence-corrected chi connectivity index (χ1v) is 7.03. The number of aryl methyl sites for hydroxylation is 1. The minimum absolute atomic E-state index is 0.173. The molecule has 5 heteroatoms. The van der Waals surface area contributed by atoms with Gasteiger partial charge in [0.1, 0.15) is 5.75 Å². The van der Waals surface area contributed by atoms with Crippen molar-refractivity contribution in [2.75, 3.05) is 0 Å². The van der Waals surface area contributed by atoms with Gasteiger partial charge in [-0.2, -0.15) is 0 Å². The Bertz CT molecular complexity index is 617. The van der Waals surface area contributed by atoms with Crippen LogP contribution in [0, 0.1) is 6.92 Å². The number of halogens is 1. The van der Waals surface area contributed by atoms with Crippen LogP contribution in [0.2, 0.25) is 5.02 Å². The molecule has 2 aromatic rings. The highest BCUT2D eigenvalue weighted by Crippen LogP contribution is 2.22. The molecule has 1 amide bonds. The van der Waals surface area contributed by atoms with Crippen molar-refractivity contribution in [2.24, 2.45) is 0 Å². The topological polar surface area (TPSA) is 51.2 Å². The number of pyridine rings is 1. The van der Waals surface area contributed by atoms with Crippen LogP contribution in [-0.2, 0) is 11.3 Å². The smallest absolute Gasteiger partial charge is 0.261 e. The van der Waals surface area contributed by atoms with Crippen LogP contribution in [0.5, 0.6) is 5.75 Å². The van der Waals surface area contributed by atoms with Crippen molar-refractivity contribution in [3.63, 3.8) is 0 Å². The van der Waals surface area contributed by atoms with E-state index in [1.807, 2.05) is 19.1 Å². The molecule has 1 aromatic carbocycles. The van der Waals surface area contributed by atoms with E-state index in [-0.39, 0.29) is 5.91 Å². The van der Waals surface area contributed by atoms with Gasteiger partial charge in [0.15, 0.2) is 6.10 Å². The second kappa shape index (κ2) is 7.09. The van der Waals surface area contributed by atoms with Crippen LogP contribution in [0.25, 0.3) is 0 Å². The number of ether oxygens (including phenoxy) is 1. The Morgan fingerprint density at radius 3 is 2.90 bits per heavy atom. The van der Waals surface area contributed by atoms with Crippen molar-refractivity contribution in [1.29, 1.82) is 0 Å². The molecule has 0 saturated carbocycles. The van der Waals surface area contributed by atoms with Gasteiger partial charge in [0, 0.05) is 24.0 Å². The minimum atomic E-state index is -0.582. The molecule has 0 aliphatic rings. The molecule has 0 saturated heterocycles. The largest absolute Gasteiger partial charge is 0.481 e. The lowest BCUT2D eigenvalue weighted by molar-refractivity contribution is -0.127. The fraction of sp³-hybridized carbons (Fsp3) is 0.250. The zero-order valence-corrected chi connectivity index (χ0v) is 12.7. The summed E-state index contributed by atoms with van der Waals surface area (Å²) in [6.45, 7) is 4.04. The molecule has 1 atom stereocenters.